The lowest BCUT2D eigenvalue weighted by atomic mass is 10.2. The van der Waals surface area contributed by atoms with E-state index in [1.165, 1.54) is 6.07 Å². The molecule has 21 heavy (non-hydrogen) atoms. The van der Waals surface area contributed by atoms with E-state index in [9.17, 15) is 22.8 Å². The highest BCUT2D eigenvalue weighted by Crippen LogP contribution is 2.15. The molecule has 0 aliphatic rings. The van der Waals surface area contributed by atoms with E-state index in [0.29, 0.717) is 5.52 Å². The molecule has 1 aromatic heterocycles. The Morgan fingerprint density at radius 3 is 2.76 bits per heavy atom. The fourth-order valence-electron chi connectivity index (χ4n) is 1.65. The molecule has 0 saturated heterocycles. The van der Waals surface area contributed by atoms with Crippen LogP contribution in [0.25, 0.3) is 10.9 Å². The number of nitrogens with one attached hydrogen (secondary N) is 1. The maximum atomic E-state index is 12.1. The average molecular weight is 364 g/mol. The lowest BCUT2D eigenvalue weighted by Gasteiger charge is -2.09. The van der Waals surface area contributed by atoms with Crippen LogP contribution in [0, 0.1) is 0 Å². The largest absolute Gasteiger partial charge is 0.405 e. The third kappa shape index (κ3) is 4.03. The summed E-state index contributed by atoms with van der Waals surface area (Å²) in [4.78, 5) is 27.5. The van der Waals surface area contributed by atoms with Crippen molar-refractivity contribution in [3.8, 4) is 0 Å². The van der Waals surface area contributed by atoms with Crippen LogP contribution in [0.1, 0.15) is 0 Å². The van der Waals surface area contributed by atoms with E-state index in [1.54, 1.807) is 17.4 Å². The number of carbonyl (C=O) groups is 1. The van der Waals surface area contributed by atoms with Gasteiger partial charge in [0.25, 0.3) is 5.56 Å². The Morgan fingerprint density at radius 1 is 1.38 bits per heavy atom. The number of aromatic nitrogens is 2. The Labute approximate surface area is 124 Å². The quantitative estimate of drug-likeness (QED) is 0.904. The molecule has 9 heteroatoms. The molecule has 2 aromatic rings. The van der Waals surface area contributed by atoms with Crippen LogP contribution in [0.4, 0.5) is 13.2 Å². The second-order valence-corrected chi connectivity index (χ2v) is 5.15. The Hall–Kier alpha value is -1.90. The number of hydrogen-bond donors (Lipinski definition) is 1. The number of carbonyl (C=O) groups excluding carboxylic acids is 1. The molecule has 112 valence electrons. The summed E-state index contributed by atoms with van der Waals surface area (Å²) in [5.41, 5.74) is -0.0593. The minimum Gasteiger partial charge on any atom is -0.345 e. The summed E-state index contributed by atoms with van der Waals surface area (Å²) in [7, 11) is 0. The molecule has 0 unspecified atom stereocenters. The standard InChI is InChI=1S/C12H9BrF3N3O2/c13-7-1-2-8-9(3-7)18-6-19(11(8)21)4-10(20)17-5-12(14,15)16/h1-3,6H,4-5H2,(H,17,20). The average Bonchev–Trinajstić information content (AvgIpc) is 2.39. The first-order chi connectivity index (χ1) is 9.76. The van der Waals surface area contributed by atoms with Crippen molar-refractivity contribution in [3.05, 3.63) is 39.4 Å². The lowest BCUT2D eigenvalue weighted by molar-refractivity contribution is -0.138. The van der Waals surface area contributed by atoms with Crippen molar-refractivity contribution >= 4 is 32.7 Å². The maximum Gasteiger partial charge on any atom is 0.405 e. The molecule has 5 nitrogen and oxygen atoms in total. The predicted molar refractivity (Wildman–Crippen MR) is 72.8 cm³/mol. The Balaban J connectivity index is 2.20. The van der Waals surface area contributed by atoms with Crippen LogP contribution in [0.15, 0.2) is 33.8 Å². The van der Waals surface area contributed by atoms with Crippen LogP contribution in [0.2, 0.25) is 0 Å². The molecular formula is C12H9BrF3N3O2. The van der Waals surface area contributed by atoms with Crippen molar-refractivity contribution in [2.75, 3.05) is 6.54 Å². The van der Waals surface area contributed by atoms with Gasteiger partial charge in [-0.3, -0.25) is 14.2 Å². The van der Waals surface area contributed by atoms with Crippen molar-refractivity contribution < 1.29 is 18.0 Å². The Bertz CT molecular complexity index is 743. The second-order valence-electron chi connectivity index (χ2n) is 4.23. The fourth-order valence-corrected chi connectivity index (χ4v) is 2.00. The van der Waals surface area contributed by atoms with Crippen molar-refractivity contribution in [3.63, 3.8) is 0 Å². The zero-order valence-corrected chi connectivity index (χ0v) is 12.0. The molecule has 1 amide bonds. The molecule has 0 aliphatic carbocycles. The van der Waals surface area contributed by atoms with Crippen molar-refractivity contribution in [2.24, 2.45) is 0 Å². The topological polar surface area (TPSA) is 64.0 Å². The highest BCUT2D eigenvalue weighted by Gasteiger charge is 2.27. The van der Waals surface area contributed by atoms with Gasteiger partial charge in [-0.05, 0) is 18.2 Å². The number of fused-ring (bicyclic) bond motifs is 1. The molecule has 0 fully saturated rings. The van der Waals surface area contributed by atoms with Crippen LogP contribution in [0.5, 0.6) is 0 Å². The monoisotopic (exact) mass is 363 g/mol. The molecule has 1 aromatic carbocycles. The third-order valence-electron chi connectivity index (χ3n) is 2.59. The first kappa shape index (κ1) is 15.5. The normalized spacial score (nSPS) is 11.6. The van der Waals surface area contributed by atoms with E-state index in [4.69, 9.17) is 0 Å². The highest BCUT2D eigenvalue weighted by molar-refractivity contribution is 9.10. The number of alkyl halides is 3. The van der Waals surface area contributed by atoms with Gasteiger partial charge in [-0.2, -0.15) is 13.2 Å². The number of amides is 1. The van der Waals surface area contributed by atoms with Gasteiger partial charge in [0.15, 0.2) is 0 Å². The van der Waals surface area contributed by atoms with Crippen LogP contribution < -0.4 is 10.9 Å². The predicted octanol–water partition coefficient (Wildman–Crippen LogP) is 1.84. The van der Waals surface area contributed by atoms with Gasteiger partial charge in [-0.1, -0.05) is 15.9 Å². The molecule has 0 bridgehead atoms. The van der Waals surface area contributed by atoms with Crippen molar-refractivity contribution in [1.82, 2.24) is 14.9 Å². The number of rotatable bonds is 3. The molecule has 0 atom stereocenters. The lowest BCUT2D eigenvalue weighted by Crippen LogP contribution is -2.37. The summed E-state index contributed by atoms with van der Waals surface area (Å²) in [6, 6.07) is 4.79. The zero-order valence-electron chi connectivity index (χ0n) is 10.4. The second kappa shape index (κ2) is 5.84. The molecule has 0 aliphatic heterocycles. The van der Waals surface area contributed by atoms with Gasteiger partial charge in [0.1, 0.15) is 13.1 Å². The highest BCUT2D eigenvalue weighted by atomic mass is 79.9. The molecule has 1 heterocycles. The minimum atomic E-state index is -4.49. The van der Waals surface area contributed by atoms with Crippen LogP contribution in [0.3, 0.4) is 0 Å². The smallest absolute Gasteiger partial charge is 0.345 e. The van der Waals surface area contributed by atoms with Gasteiger partial charge in [-0.25, -0.2) is 4.98 Å². The number of hydrogen-bond acceptors (Lipinski definition) is 3. The van der Waals surface area contributed by atoms with E-state index in [0.717, 1.165) is 15.4 Å². The van der Waals surface area contributed by atoms with Gasteiger partial charge in [0.2, 0.25) is 5.91 Å². The molecule has 0 saturated carbocycles. The summed E-state index contributed by atoms with van der Waals surface area (Å²) < 4.78 is 37.6. The molecule has 1 N–H and O–H groups in total. The van der Waals surface area contributed by atoms with Crippen LogP contribution >= 0.6 is 15.9 Å². The SMILES string of the molecule is O=C(Cn1cnc2cc(Br)ccc2c1=O)NCC(F)(F)F. The summed E-state index contributed by atoms with van der Waals surface area (Å²) in [6.07, 6.45) is -3.36. The first-order valence-corrected chi connectivity index (χ1v) is 6.54. The van der Waals surface area contributed by atoms with E-state index in [-0.39, 0.29) is 5.39 Å². The van der Waals surface area contributed by atoms with E-state index in [2.05, 4.69) is 20.9 Å². The number of halogens is 4. The summed E-state index contributed by atoms with van der Waals surface area (Å²) in [5.74, 6) is -0.910. The number of benzene rings is 1. The molecule has 2 rings (SSSR count). The fraction of sp³-hybridized carbons (Fsp3) is 0.250. The first-order valence-electron chi connectivity index (χ1n) is 5.74. The van der Waals surface area contributed by atoms with E-state index < -0.39 is 30.7 Å². The third-order valence-corrected chi connectivity index (χ3v) is 3.08. The summed E-state index contributed by atoms with van der Waals surface area (Å²) >= 11 is 3.24. The van der Waals surface area contributed by atoms with Gasteiger partial charge < -0.3 is 5.32 Å². The Morgan fingerprint density at radius 2 is 2.10 bits per heavy atom. The minimum absolute atomic E-state index is 0.282. The van der Waals surface area contributed by atoms with Gasteiger partial charge in [0, 0.05) is 4.47 Å². The summed E-state index contributed by atoms with van der Waals surface area (Å²) in [6.45, 7) is -1.96. The van der Waals surface area contributed by atoms with Crippen LogP contribution in [-0.2, 0) is 11.3 Å². The molecular weight excluding hydrogens is 355 g/mol. The number of nitrogens with zero attached hydrogens (tertiary/aromatic N) is 2. The van der Waals surface area contributed by atoms with Gasteiger partial charge in [-0.15, -0.1) is 0 Å². The van der Waals surface area contributed by atoms with Crippen LogP contribution in [-0.4, -0.2) is 28.2 Å². The zero-order chi connectivity index (χ0) is 15.6. The van der Waals surface area contributed by atoms with Crippen molar-refractivity contribution in [1.29, 1.82) is 0 Å². The molecule has 0 spiro atoms. The Kier molecular flexibility index (Phi) is 4.31. The molecule has 0 radical (unpaired) electrons. The van der Waals surface area contributed by atoms with E-state index >= 15 is 0 Å². The summed E-state index contributed by atoms with van der Waals surface area (Å²) in [5, 5.41) is 1.98. The van der Waals surface area contributed by atoms with Crippen molar-refractivity contribution in [2.45, 2.75) is 12.7 Å². The van der Waals surface area contributed by atoms with E-state index in [1.807, 2.05) is 0 Å². The maximum absolute atomic E-state index is 12.1. The van der Waals surface area contributed by atoms with Gasteiger partial charge in [0.05, 0.1) is 17.2 Å². The van der Waals surface area contributed by atoms with Gasteiger partial charge >= 0.3 is 6.18 Å².